The van der Waals surface area contributed by atoms with E-state index in [0.29, 0.717) is 6.42 Å². The summed E-state index contributed by atoms with van der Waals surface area (Å²) < 4.78 is 42.0. The van der Waals surface area contributed by atoms with E-state index in [4.69, 9.17) is 0 Å². The molecule has 0 radical (unpaired) electrons. The fourth-order valence-electron chi connectivity index (χ4n) is 2.66. The van der Waals surface area contributed by atoms with Gasteiger partial charge in [-0.05, 0) is 36.5 Å². The van der Waals surface area contributed by atoms with Gasteiger partial charge in [-0.15, -0.1) is 13.2 Å². The van der Waals surface area contributed by atoms with Crippen molar-refractivity contribution in [3.63, 3.8) is 0 Å². The molecule has 0 saturated heterocycles. The summed E-state index contributed by atoms with van der Waals surface area (Å²) in [6, 6.07) is 5.39. The first kappa shape index (κ1) is 18.3. The number of alkyl halides is 3. The Labute approximate surface area is 138 Å². The molecule has 1 N–H and O–H groups in total. The van der Waals surface area contributed by atoms with Crippen LogP contribution < -0.4 is 4.74 Å². The van der Waals surface area contributed by atoms with Gasteiger partial charge in [0, 0.05) is 0 Å². The molecular formula is C16H20F3N3O2. The summed E-state index contributed by atoms with van der Waals surface area (Å²) in [6.45, 7) is 5.62. The van der Waals surface area contributed by atoms with Crippen molar-refractivity contribution in [3.05, 3.63) is 42.5 Å². The highest BCUT2D eigenvalue weighted by molar-refractivity contribution is 5.28. The fraction of sp³-hybridized carbons (Fsp3) is 0.500. The smallest absolute Gasteiger partial charge is 0.406 e. The van der Waals surface area contributed by atoms with Crippen molar-refractivity contribution >= 4 is 0 Å². The lowest BCUT2D eigenvalue weighted by atomic mass is 9.78. The van der Waals surface area contributed by atoms with Crippen molar-refractivity contribution in [3.8, 4) is 5.75 Å². The van der Waals surface area contributed by atoms with Crippen LogP contribution in [-0.4, -0.2) is 32.3 Å². The molecule has 1 heterocycles. The molecule has 1 aromatic heterocycles. The summed E-state index contributed by atoms with van der Waals surface area (Å²) in [7, 11) is 0. The van der Waals surface area contributed by atoms with Crippen molar-refractivity contribution in [2.24, 2.45) is 5.41 Å². The SMILES string of the molecule is CC(C(O)C(C)(C)Cc1ccc(OC(F)(F)F)cc1)n1cncn1. The Morgan fingerprint density at radius 1 is 1.21 bits per heavy atom. The Bertz CT molecular complexity index is 640. The largest absolute Gasteiger partial charge is 0.573 e. The van der Waals surface area contributed by atoms with Gasteiger partial charge in [-0.2, -0.15) is 5.10 Å². The summed E-state index contributed by atoms with van der Waals surface area (Å²) in [5.41, 5.74) is 0.289. The summed E-state index contributed by atoms with van der Waals surface area (Å²) in [5, 5.41) is 14.6. The van der Waals surface area contributed by atoms with Crippen molar-refractivity contribution < 1.29 is 23.0 Å². The highest BCUT2D eigenvalue weighted by Gasteiger charge is 2.34. The first-order valence-electron chi connectivity index (χ1n) is 7.45. The molecule has 0 aliphatic rings. The van der Waals surface area contributed by atoms with Crippen LogP contribution >= 0.6 is 0 Å². The van der Waals surface area contributed by atoms with E-state index in [-0.39, 0.29) is 11.8 Å². The van der Waals surface area contributed by atoms with Gasteiger partial charge in [0.25, 0.3) is 0 Å². The number of rotatable bonds is 6. The average molecular weight is 343 g/mol. The second kappa shape index (κ2) is 6.80. The molecule has 132 valence electrons. The van der Waals surface area contributed by atoms with E-state index < -0.39 is 17.9 Å². The summed E-state index contributed by atoms with van der Waals surface area (Å²) in [5.74, 6) is -0.263. The van der Waals surface area contributed by atoms with Gasteiger partial charge < -0.3 is 9.84 Å². The minimum atomic E-state index is -4.70. The lowest BCUT2D eigenvalue weighted by Gasteiger charge is -2.34. The monoisotopic (exact) mass is 343 g/mol. The van der Waals surface area contributed by atoms with Crippen LogP contribution in [0.25, 0.3) is 0 Å². The van der Waals surface area contributed by atoms with Crippen LogP contribution in [-0.2, 0) is 6.42 Å². The van der Waals surface area contributed by atoms with E-state index in [1.165, 1.54) is 24.8 Å². The molecule has 2 aromatic rings. The molecule has 8 heteroatoms. The van der Waals surface area contributed by atoms with E-state index in [9.17, 15) is 18.3 Å². The van der Waals surface area contributed by atoms with Crippen LogP contribution in [0.4, 0.5) is 13.2 Å². The van der Waals surface area contributed by atoms with Crippen molar-refractivity contribution in [1.82, 2.24) is 14.8 Å². The Morgan fingerprint density at radius 2 is 1.83 bits per heavy atom. The minimum absolute atomic E-state index is 0.263. The molecule has 2 unspecified atom stereocenters. The van der Waals surface area contributed by atoms with Crippen molar-refractivity contribution in [1.29, 1.82) is 0 Å². The summed E-state index contributed by atoms with van der Waals surface area (Å²) >= 11 is 0. The molecular weight excluding hydrogens is 323 g/mol. The van der Waals surface area contributed by atoms with Crippen LogP contribution in [0, 0.1) is 5.41 Å². The van der Waals surface area contributed by atoms with Crippen LogP contribution in [0.5, 0.6) is 5.75 Å². The molecule has 0 fully saturated rings. The standard InChI is InChI=1S/C16H20F3N3O2/c1-11(22-10-20-9-21-22)14(23)15(2,3)8-12-4-6-13(7-5-12)24-16(17,18)19/h4-7,9-11,14,23H,8H2,1-3H3. The van der Waals surface area contributed by atoms with Crippen LogP contribution in [0.3, 0.4) is 0 Å². The maximum Gasteiger partial charge on any atom is 0.573 e. The van der Waals surface area contributed by atoms with Gasteiger partial charge in [0.15, 0.2) is 0 Å². The molecule has 2 atom stereocenters. The lowest BCUT2D eigenvalue weighted by Crippen LogP contribution is -2.38. The third kappa shape index (κ3) is 4.70. The normalized spacial score (nSPS) is 15.1. The van der Waals surface area contributed by atoms with Gasteiger partial charge in [0.2, 0.25) is 0 Å². The third-order valence-electron chi connectivity index (χ3n) is 3.93. The predicted molar refractivity (Wildman–Crippen MR) is 81.3 cm³/mol. The van der Waals surface area contributed by atoms with E-state index >= 15 is 0 Å². The van der Waals surface area contributed by atoms with Gasteiger partial charge in [-0.1, -0.05) is 26.0 Å². The Morgan fingerprint density at radius 3 is 2.33 bits per heavy atom. The van der Waals surface area contributed by atoms with Crippen LogP contribution in [0.15, 0.2) is 36.9 Å². The molecule has 0 aliphatic heterocycles. The molecule has 24 heavy (non-hydrogen) atoms. The molecule has 1 aromatic carbocycles. The average Bonchev–Trinajstić information content (AvgIpc) is 3.00. The topological polar surface area (TPSA) is 60.2 Å². The number of halogens is 3. The number of aromatic nitrogens is 3. The summed E-state index contributed by atoms with van der Waals surface area (Å²) in [4.78, 5) is 3.87. The number of aliphatic hydroxyl groups excluding tert-OH is 1. The number of benzene rings is 1. The zero-order valence-electron chi connectivity index (χ0n) is 13.7. The maximum atomic E-state index is 12.2. The Kier molecular flexibility index (Phi) is 5.17. The van der Waals surface area contributed by atoms with Gasteiger partial charge in [-0.3, -0.25) is 0 Å². The second-order valence-corrected chi connectivity index (χ2v) is 6.42. The van der Waals surface area contributed by atoms with Crippen LogP contribution in [0.2, 0.25) is 0 Å². The lowest BCUT2D eigenvalue weighted by molar-refractivity contribution is -0.274. The first-order valence-corrected chi connectivity index (χ1v) is 7.45. The quantitative estimate of drug-likeness (QED) is 0.874. The van der Waals surface area contributed by atoms with E-state index in [1.54, 1.807) is 16.8 Å². The van der Waals surface area contributed by atoms with Crippen molar-refractivity contribution in [2.45, 2.75) is 45.7 Å². The van der Waals surface area contributed by atoms with E-state index in [2.05, 4.69) is 14.8 Å². The second-order valence-electron chi connectivity index (χ2n) is 6.42. The third-order valence-corrected chi connectivity index (χ3v) is 3.93. The van der Waals surface area contributed by atoms with Gasteiger partial charge in [0.1, 0.15) is 18.4 Å². The molecule has 5 nitrogen and oxygen atoms in total. The fourth-order valence-corrected chi connectivity index (χ4v) is 2.66. The minimum Gasteiger partial charge on any atom is -0.406 e. The first-order chi connectivity index (χ1) is 11.1. The van der Waals surface area contributed by atoms with Gasteiger partial charge in [-0.25, -0.2) is 9.67 Å². The zero-order chi connectivity index (χ0) is 18.0. The van der Waals surface area contributed by atoms with Crippen LogP contribution in [0.1, 0.15) is 32.4 Å². The Hall–Kier alpha value is -2.09. The Balaban J connectivity index is 2.05. The number of ether oxygens (including phenoxy) is 1. The van der Waals surface area contributed by atoms with E-state index in [1.807, 2.05) is 20.8 Å². The highest BCUT2D eigenvalue weighted by atomic mass is 19.4. The highest BCUT2D eigenvalue weighted by Crippen LogP contribution is 2.33. The molecule has 0 amide bonds. The summed E-state index contributed by atoms with van der Waals surface area (Å²) in [6.07, 6.45) is -2.00. The molecule has 0 bridgehead atoms. The maximum absolute atomic E-state index is 12.2. The molecule has 0 spiro atoms. The predicted octanol–water partition coefficient (Wildman–Crippen LogP) is 3.37. The molecule has 0 aliphatic carbocycles. The van der Waals surface area contributed by atoms with E-state index in [0.717, 1.165) is 5.56 Å². The number of hydrogen-bond donors (Lipinski definition) is 1. The number of hydrogen-bond acceptors (Lipinski definition) is 4. The van der Waals surface area contributed by atoms with Gasteiger partial charge in [0.05, 0.1) is 12.1 Å². The van der Waals surface area contributed by atoms with Crippen molar-refractivity contribution in [2.75, 3.05) is 0 Å². The number of aliphatic hydroxyl groups is 1. The van der Waals surface area contributed by atoms with Gasteiger partial charge >= 0.3 is 6.36 Å². The zero-order valence-corrected chi connectivity index (χ0v) is 13.7. The molecule has 0 saturated carbocycles. The molecule has 2 rings (SSSR count). The number of nitrogens with zero attached hydrogens (tertiary/aromatic N) is 3.